The molecule has 8 heteroatoms. The predicted molar refractivity (Wildman–Crippen MR) is 66.7 cm³/mol. The van der Waals surface area contributed by atoms with Gasteiger partial charge in [-0.3, -0.25) is 4.72 Å². The van der Waals surface area contributed by atoms with Gasteiger partial charge in [0, 0.05) is 6.20 Å². The van der Waals surface area contributed by atoms with Crippen LogP contribution >= 0.6 is 11.6 Å². The Morgan fingerprint density at radius 2 is 2.17 bits per heavy atom. The highest BCUT2D eigenvalue weighted by Gasteiger charge is 2.20. The first-order valence-electron chi connectivity index (χ1n) is 4.95. The van der Waals surface area contributed by atoms with E-state index in [0.29, 0.717) is 5.76 Å². The number of nitrogens with zero attached hydrogens (tertiary/aromatic N) is 1. The van der Waals surface area contributed by atoms with Gasteiger partial charge in [-0.05, 0) is 24.3 Å². The quantitative estimate of drug-likeness (QED) is 0.890. The third-order valence-electron chi connectivity index (χ3n) is 2.09. The van der Waals surface area contributed by atoms with Crippen LogP contribution in [0.3, 0.4) is 0 Å². The summed E-state index contributed by atoms with van der Waals surface area (Å²) in [5.74, 6) is 0.423. The molecule has 0 aromatic carbocycles. The molecular formula is C10H10ClN3O3S. The van der Waals surface area contributed by atoms with Gasteiger partial charge in [0.25, 0.3) is 10.0 Å². The van der Waals surface area contributed by atoms with Crippen molar-refractivity contribution in [2.45, 2.75) is 11.6 Å². The van der Waals surface area contributed by atoms with E-state index in [0.717, 1.165) is 0 Å². The molecule has 0 spiro atoms. The molecule has 0 aliphatic heterocycles. The number of nitrogens with two attached hydrogens (primary N) is 1. The Labute approximate surface area is 109 Å². The fraction of sp³-hybridized carbons (Fsp3) is 0.100. The molecule has 0 aliphatic carbocycles. The Kier molecular flexibility index (Phi) is 3.55. The zero-order valence-electron chi connectivity index (χ0n) is 9.13. The Balaban J connectivity index is 2.30. The number of aromatic nitrogens is 1. The molecule has 0 bridgehead atoms. The second-order valence-corrected chi connectivity index (χ2v) is 5.38. The third kappa shape index (κ3) is 2.63. The van der Waals surface area contributed by atoms with E-state index in [2.05, 4.69) is 9.71 Å². The highest BCUT2D eigenvalue weighted by molar-refractivity contribution is 7.92. The summed E-state index contributed by atoms with van der Waals surface area (Å²) in [5.41, 5.74) is 5.34. The van der Waals surface area contributed by atoms with Crippen LogP contribution in [0.25, 0.3) is 0 Å². The molecule has 0 amide bonds. The predicted octanol–water partition coefficient (Wildman–Crippen LogP) is 1.59. The maximum absolute atomic E-state index is 11.9. The van der Waals surface area contributed by atoms with Crippen molar-refractivity contribution >= 4 is 27.4 Å². The average Bonchev–Trinajstić information content (AvgIpc) is 2.81. The fourth-order valence-electron chi connectivity index (χ4n) is 1.25. The van der Waals surface area contributed by atoms with Gasteiger partial charge in [-0.25, -0.2) is 4.98 Å². The maximum Gasteiger partial charge on any atom is 0.296 e. The van der Waals surface area contributed by atoms with E-state index in [-0.39, 0.29) is 22.5 Å². The molecule has 0 fully saturated rings. The SMILES string of the molecule is NCc1ccc(S(=O)(=O)Nc2ncccc2Cl)o1. The van der Waals surface area contributed by atoms with E-state index >= 15 is 0 Å². The van der Waals surface area contributed by atoms with E-state index in [4.69, 9.17) is 21.8 Å². The Morgan fingerprint density at radius 3 is 2.78 bits per heavy atom. The molecule has 0 aliphatic rings. The molecular weight excluding hydrogens is 278 g/mol. The minimum Gasteiger partial charge on any atom is -0.446 e. The highest BCUT2D eigenvalue weighted by Crippen LogP contribution is 2.22. The van der Waals surface area contributed by atoms with Crippen molar-refractivity contribution in [2.24, 2.45) is 5.73 Å². The van der Waals surface area contributed by atoms with Gasteiger partial charge in [0.2, 0.25) is 5.09 Å². The lowest BCUT2D eigenvalue weighted by Gasteiger charge is -2.05. The Morgan fingerprint density at radius 1 is 1.39 bits per heavy atom. The van der Waals surface area contributed by atoms with Crippen LogP contribution in [0.5, 0.6) is 0 Å². The average molecular weight is 288 g/mol. The lowest BCUT2D eigenvalue weighted by atomic mass is 10.5. The molecule has 6 nitrogen and oxygen atoms in total. The number of hydrogen-bond donors (Lipinski definition) is 2. The zero-order valence-corrected chi connectivity index (χ0v) is 10.7. The van der Waals surface area contributed by atoms with Gasteiger partial charge in [-0.1, -0.05) is 11.6 Å². The minimum absolute atomic E-state index is 0.0462. The van der Waals surface area contributed by atoms with Crippen molar-refractivity contribution in [1.29, 1.82) is 0 Å². The second-order valence-electron chi connectivity index (χ2n) is 3.36. The number of anilines is 1. The molecule has 2 aromatic rings. The normalized spacial score (nSPS) is 11.4. The van der Waals surface area contributed by atoms with Crippen LogP contribution < -0.4 is 10.5 Å². The number of nitrogens with one attached hydrogen (secondary N) is 1. The molecule has 0 radical (unpaired) electrons. The minimum atomic E-state index is -3.84. The first-order valence-corrected chi connectivity index (χ1v) is 6.81. The van der Waals surface area contributed by atoms with Crippen molar-refractivity contribution in [2.75, 3.05) is 4.72 Å². The topological polar surface area (TPSA) is 98.2 Å². The summed E-state index contributed by atoms with van der Waals surface area (Å²) in [4.78, 5) is 3.83. The van der Waals surface area contributed by atoms with Crippen molar-refractivity contribution < 1.29 is 12.8 Å². The van der Waals surface area contributed by atoms with Crippen molar-refractivity contribution in [3.8, 4) is 0 Å². The van der Waals surface area contributed by atoms with Gasteiger partial charge < -0.3 is 10.2 Å². The van der Waals surface area contributed by atoms with Gasteiger partial charge in [0.1, 0.15) is 5.76 Å². The van der Waals surface area contributed by atoms with Gasteiger partial charge >= 0.3 is 0 Å². The monoisotopic (exact) mass is 287 g/mol. The molecule has 2 aromatic heterocycles. The van der Waals surface area contributed by atoms with Gasteiger partial charge in [-0.2, -0.15) is 8.42 Å². The first kappa shape index (κ1) is 12.9. The van der Waals surface area contributed by atoms with Crippen LogP contribution in [-0.2, 0) is 16.6 Å². The lowest BCUT2D eigenvalue weighted by molar-refractivity contribution is 0.417. The summed E-state index contributed by atoms with van der Waals surface area (Å²) in [6.07, 6.45) is 1.43. The molecule has 0 unspecified atom stereocenters. The summed E-state index contributed by atoms with van der Waals surface area (Å²) >= 11 is 5.81. The van der Waals surface area contributed by atoms with Crippen LogP contribution in [0.15, 0.2) is 40.0 Å². The summed E-state index contributed by atoms with van der Waals surface area (Å²) in [6, 6.07) is 5.94. The number of halogens is 1. The van der Waals surface area contributed by atoms with Crippen LogP contribution in [0.2, 0.25) is 5.02 Å². The van der Waals surface area contributed by atoms with Crippen molar-refractivity contribution in [3.63, 3.8) is 0 Å². The summed E-state index contributed by atoms with van der Waals surface area (Å²) in [6.45, 7) is 0.125. The third-order valence-corrected chi connectivity index (χ3v) is 3.61. The number of rotatable bonds is 4. The van der Waals surface area contributed by atoms with Crippen molar-refractivity contribution in [3.05, 3.63) is 41.2 Å². The fourth-order valence-corrected chi connectivity index (χ4v) is 2.46. The lowest BCUT2D eigenvalue weighted by Crippen LogP contribution is -2.13. The van der Waals surface area contributed by atoms with Gasteiger partial charge in [0.05, 0.1) is 11.6 Å². The van der Waals surface area contributed by atoms with Crippen LogP contribution in [0.4, 0.5) is 5.82 Å². The summed E-state index contributed by atoms with van der Waals surface area (Å²) in [7, 11) is -3.84. The van der Waals surface area contributed by atoms with Crippen LogP contribution in [-0.4, -0.2) is 13.4 Å². The Hall–Kier alpha value is -1.57. The van der Waals surface area contributed by atoms with E-state index in [9.17, 15) is 8.42 Å². The van der Waals surface area contributed by atoms with E-state index in [1.54, 1.807) is 6.07 Å². The van der Waals surface area contributed by atoms with Gasteiger partial charge in [0.15, 0.2) is 5.82 Å². The van der Waals surface area contributed by atoms with E-state index in [1.165, 1.54) is 24.4 Å². The molecule has 0 saturated carbocycles. The second kappa shape index (κ2) is 4.97. The van der Waals surface area contributed by atoms with E-state index < -0.39 is 10.0 Å². The molecule has 96 valence electrons. The number of pyridine rings is 1. The molecule has 0 atom stereocenters. The number of hydrogen-bond acceptors (Lipinski definition) is 5. The maximum atomic E-state index is 11.9. The number of sulfonamides is 1. The van der Waals surface area contributed by atoms with Crippen molar-refractivity contribution in [1.82, 2.24) is 4.98 Å². The molecule has 18 heavy (non-hydrogen) atoms. The smallest absolute Gasteiger partial charge is 0.296 e. The molecule has 0 saturated heterocycles. The highest BCUT2D eigenvalue weighted by atomic mass is 35.5. The summed E-state index contributed by atoms with van der Waals surface area (Å²) in [5, 5.41) is -0.0312. The number of furan rings is 1. The van der Waals surface area contributed by atoms with E-state index in [1.807, 2.05) is 0 Å². The zero-order chi connectivity index (χ0) is 13.2. The summed E-state index contributed by atoms with van der Waals surface area (Å²) < 4.78 is 31.2. The molecule has 3 N–H and O–H groups in total. The Bertz CT molecular complexity index is 654. The molecule has 2 heterocycles. The largest absolute Gasteiger partial charge is 0.446 e. The molecule has 2 rings (SSSR count). The van der Waals surface area contributed by atoms with Crippen LogP contribution in [0, 0.1) is 0 Å². The first-order chi connectivity index (χ1) is 8.53. The van der Waals surface area contributed by atoms with Gasteiger partial charge in [-0.15, -0.1) is 0 Å². The van der Waals surface area contributed by atoms with Crippen LogP contribution in [0.1, 0.15) is 5.76 Å². The standard InChI is InChI=1S/C10H10ClN3O3S/c11-8-2-1-5-13-10(8)14-18(15,16)9-4-3-7(6-12)17-9/h1-5H,6,12H2,(H,13,14).